The number of aryl methyl sites for hydroxylation is 1. The largest absolute Gasteiger partial charge is 0.481 e. The number of carbonyl (C=O) groups excluding carboxylic acids is 1. The third-order valence-corrected chi connectivity index (χ3v) is 4.06. The first kappa shape index (κ1) is 13.6. The van der Waals surface area contributed by atoms with E-state index in [-0.39, 0.29) is 24.1 Å². The van der Waals surface area contributed by atoms with Crippen LogP contribution in [0.1, 0.15) is 36.4 Å². The number of hydrogen-bond donors (Lipinski definition) is 1. The predicted octanol–water partition coefficient (Wildman–Crippen LogP) is 1.56. The highest BCUT2D eigenvalue weighted by Crippen LogP contribution is 2.38. The first-order valence-corrected chi connectivity index (χ1v) is 6.32. The van der Waals surface area contributed by atoms with Gasteiger partial charge in [-0.1, -0.05) is 19.0 Å². The monoisotopic (exact) mass is 266 g/mol. The molecule has 6 nitrogen and oxygen atoms in total. The number of hydrogen-bond acceptors (Lipinski definition) is 4. The summed E-state index contributed by atoms with van der Waals surface area (Å²) in [6.07, 6.45) is 1.95. The van der Waals surface area contributed by atoms with Gasteiger partial charge < -0.3 is 14.5 Å². The molecule has 1 aliphatic heterocycles. The second-order valence-electron chi connectivity index (χ2n) is 5.43. The predicted molar refractivity (Wildman–Crippen MR) is 66.7 cm³/mol. The van der Waals surface area contributed by atoms with Gasteiger partial charge in [0.15, 0.2) is 0 Å². The van der Waals surface area contributed by atoms with Gasteiger partial charge in [0.05, 0.1) is 11.6 Å². The van der Waals surface area contributed by atoms with Crippen LogP contribution >= 0.6 is 0 Å². The van der Waals surface area contributed by atoms with Crippen LogP contribution in [0.4, 0.5) is 0 Å². The molecular formula is C13H18N2O4. The summed E-state index contributed by atoms with van der Waals surface area (Å²) < 4.78 is 4.94. The minimum atomic E-state index is -0.858. The molecule has 1 amide bonds. The fraction of sp³-hybridized carbons (Fsp3) is 0.615. The molecule has 19 heavy (non-hydrogen) atoms. The summed E-state index contributed by atoms with van der Waals surface area (Å²) in [5, 5.41) is 13.0. The molecule has 1 N–H and O–H groups in total. The summed E-state index contributed by atoms with van der Waals surface area (Å²) in [5.41, 5.74) is -0.189. The van der Waals surface area contributed by atoms with Crippen LogP contribution in [0.5, 0.6) is 0 Å². The molecule has 1 aromatic heterocycles. The summed E-state index contributed by atoms with van der Waals surface area (Å²) in [6, 6.07) is 0. The Bertz CT molecular complexity index is 508. The van der Waals surface area contributed by atoms with Crippen molar-refractivity contribution in [2.24, 2.45) is 11.3 Å². The van der Waals surface area contributed by atoms with Crippen molar-refractivity contribution >= 4 is 11.9 Å². The first-order chi connectivity index (χ1) is 8.88. The Balaban J connectivity index is 2.20. The van der Waals surface area contributed by atoms with Gasteiger partial charge in [0, 0.05) is 18.7 Å². The van der Waals surface area contributed by atoms with Crippen molar-refractivity contribution in [2.75, 3.05) is 13.1 Å². The van der Waals surface area contributed by atoms with E-state index in [0.717, 1.165) is 0 Å². The molecule has 0 spiro atoms. The Morgan fingerprint density at radius 2 is 2.21 bits per heavy atom. The molecule has 1 unspecified atom stereocenters. The minimum Gasteiger partial charge on any atom is -0.481 e. The van der Waals surface area contributed by atoms with Crippen LogP contribution in [0, 0.1) is 18.3 Å². The quantitative estimate of drug-likeness (QED) is 0.897. The average Bonchev–Trinajstić information content (AvgIpc) is 2.94. The third-order valence-electron chi connectivity index (χ3n) is 4.06. The highest BCUT2D eigenvalue weighted by atomic mass is 16.5. The second kappa shape index (κ2) is 4.68. The van der Waals surface area contributed by atoms with Gasteiger partial charge in [0.25, 0.3) is 5.91 Å². The summed E-state index contributed by atoms with van der Waals surface area (Å²) in [4.78, 5) is 25.3. The lowest BCUT2D eigenvalue weighted by atomic mass is 9.76. The standard InChI is InChI=1S/C13H18N2O4/c1-8(2)13(12(17)18)4-5-15(7-13)11(16)10-9(3)6-14-19-10/h6,8H,4-5,7H2,1-3H3,(H,17,18). The van der Waals surface area contributed by atoms with Gasteiger partial charge >= 0.3 is 5.97 Å². The van der Waals surface area contributed by atoms with E-state index in [2.05, 4.69) is 5.16 Å². The fourth-order valence-corrected chi connectivity index (χ4v) is 2.54. The molecule has 0 bridgehead atoms. The lowest BCUT2D eigenvalue weighted by Crippen LogP contribution is -2.40. The number of nitrogens with zero attached hydrogens (tertiary/aromatic N) is 2. The Morgan fingerprint density at radius 3 is 2.63 bits per heavy atom. The molecule has 0 aromatic carbocycles. The van der Waals surface area contributed by atoms with Crippen LogP contribution in [0.2, 0.25) is 0 Å². The second-order valence-corrected chi connectivity index (χ2v) is 5.43. The van der Waals surface area contributed by atoms with Crippen molar-refractivity contribution in [1.82, 2.24) is 10.1 Å². The molecule has 0 aliphatic carbocycles. The van der Waals surface area contributed by atoms with Gasteiger partial charge in [-0.15, -0.1) is 0 Å². The molecular weight excluding hydrogens is 248 g/mol. The molecule has 1 saturated heterocycles. The van der Waals surface area contributed by atoms with E-state index in [0.29, 0.717) is 18.5 Å². The molecule has 1 aromatic rings. The topological polar surface area (TPSA) is 83.6 Å². The number of aromatic nitrogens is 1. The van der Waals surface area contributed by atoms with Gasteiger partial charge in [0.2, 0.25) is 5.76 Å². The summed E-state index contributed by atoms with van der Waals surface area (Å²) in [6.45, 7) is 6.15. The van der Waals surface area contributed by atoms with E-state index < -0.39 is 11.4 Å². The molecule has 0 radical (unpaired) electrons. The van der Waals surface area contributed by atoms with E-state index in [4.69, 9.17) is 4.52 Å². The first-order valence-electron chi connectivity index (χ1n) is 6.32. The number of amides is 1. The highest BCUT2D eigenvalue weighted by molar-refractivity contribution is 5.93. The average molecular weight is 266 g/mol. The number of carboxylic acids is 1. The fourth-order valence-electron chi connectivity index (χ4n) is 2.54. The van der Waals surface area contributed by atoms with Crippen molar-refractivity contribution in [3.63, 3.8) is 0 Å². The van der Waals surface area contributed by atoms with Gasteiger partial charge in [-0.2, -0.15) is 0 Å². The van der Waals surface area contributed by atoms with Gasteiger partial charge in [-0.05, 0) is 19.3 Å². The van der Waals surface area contributed by atoms with Crippen molar-refractivity contribution < 1.29 is 19.2 Å². The van der Waals surface area contributed by atoms with E-state index >= 15 is 0 Å². The molecule has 104 valence electrons. The minimum absolute atomic E-state index is 0.0291. The zero-order chi connectivity index (χ0) is 14.2. The SMILES string of the molecule is Cc1cnoc1C(=O)N1CCC(C(=O)O)(C(C)C)C1. The molecule has 2 heterocycles. The van der Waals surface area contributed by atoms with Crippen LogP contribution in [-0.2, 0) is 4.79 Å². The Hall–Kier alpha value is -1.85. The van der Waals surface area contributed by atoms with E-state index in [1.165, 1.54) is 6.20 Å². The van der Waals surface area contributed by atoms with Crippen LogP contribution < -0.4 is 0 Å². The van der Waals surface area contributed by atoms with Gasteiger partial charge in [-0.25, -0.2) is 0 Å². The lowest BCUT2D eigenvalue weighted by Gasteiger charge is -2.28. The van der Waals surface area contributed by atoms with E-state index in [1.807, 2.05) is 13.8 Å². The Morgan fingerprint density at radius 1 is 1.53 bits per heavy atom. The molecule has 6 heteroatoms. The zero-order valence-electron chi connectivity index (χ0n) is 11.3. The normalized spacial score (nSPS) is 23.1. The summed E-state index contributed by atoms with van der Waals surface area (Å²) >= 11 is 0. The van der Waals surface area contributed by atoms with Gasteiger partial charge in [-0.3, -0.25) is 9.59 Å². The maximum absolute atomic E-state index is 12.3. The zero-order valence-corrected chi connectivity index (χ0v) is 11.3. The lowest BCUT2D eigenvalue weighted by molar-refractivity contribution is -0.150. The maximum atomic E-state index is 12.3. The third kappa shape index (κ3) is 2.11. The van der Waals surface area contributed by atoms with E-state index in [9.17, 15) is 14.7 Å². The Labute approximate surface area is 111 Å². The van der Waals surface area contributed by atoms with Crippen molar-refractivity contribution in [3.8, 4) is 0 Å². The van der Waals surface area contributed by atoms with Gasteiger partial charge in [0.1, 0.15) is 0 Å². The molecule has 1 atom stereocenters. The molecule has 0 saturated carbocycles. The Kier molecular flexibility index (Phi) is 3.34. The van der Waals surface area contributed by atoms with Crippen LogP contribution in [0.3, 0.4) is 0 Å². The number of aliphatic carboxylic acids is 1. The molecule has 2 rings (SSSR count). The molecule has 1 fully saturated rings. The van der Waals surface area contributed by atoms with Crippen molar-refractivity contribution in [2.45, 2.75) is 27.2 Å². The van der Waals surface area contributed by atoms with Crippen LogP contribution in [0.25, 0.3) is 0 Å². The van der Waals surface area contributed by atoms with Crippen molar-refractivity contribution in [3.05, 3.63) is 17.5 Å². The van der Waals surface area contributed by atoms with Crippen LogP contribution in [0.15, 0.2) is 10.7 Å². The smallest absolute Gasteiger partial charge is 0.311 e. The molecule has 1 aliphatic rings. The number of carbonyl (C=O) groups is 2. The highest BCUT2D eigenvalue weighted by Gasteiger charge is 2.49. The number of carboxylic acid groups (broad SMARTS) is 1. The number of likely N-dealkylation sites (tertiary alicyclic amines) is 1. The number of rotatable bonds is 3. The maximum Gasteiger partial charge on any atom is 0.311 e. The van der Waals surface area contributed by atoms with E-state index in [1.54, 1.807) is 11.8 Å². The summed E-state index contributed by atoms with van der Waals surface area (Å²) in [5.74, 6) is -0.950. The van der Waals surface area contributed by atoms with Crippen molar-refractivity contribution in [1.29, 1.82) is 0 Å². The van der Waals surface area contributed by atoms with Crippen LogP contribution in [-0.4, -0.2) is 40.1 Å². The summed E-state index contributed by atoms with van der Waals surface area (Å²) in [7, 11) is 0.